The zero-order chi connectivity index (χ0) is 19.6. The van der Waals surface area contributed by atoms with Crippen LogP contribution < -0.4 is 5.32 Å². The van der Waals surface area contributed by atoms with Crippen molar-refractivity contribution in [3.8, 4) is 0 Å². The third-order valence-electron chi connectivity index (χ3n) is 5.80. The average Bonchev–Trinajstić information content (AvgIpc) is 3.12. The van der Waals surface area contributed by atoms with Gasteiger partial charge in [0.15, 0.2) is 11.4 Å². The Kier molecular flexibility index (Phi) is 5.11. The predicted octanol–water partition coefficient (Wildman–Crippen LogP) is 4.53. The fourth-order valence-corrected chi connectivity index (χ4v) is 3.89. The molecule has 28 heavy (non-hydrogen) atoms. The molecule has 0 radical (unpaired) electrons. The number of nitrogens with one attached hydrogen (secondary N) is 1. The summed E-state index contributed by atoms with van der Waals surface area (Å²) in [7, 11) is 0. The van der Waals surface area contributed by atoms with Gasteiger partial charge in [-0.3, -0.25) is 9.78 Å². The van der Waals surface area contributed by atoms with Gasteiger partial charge in [0.1, 0.15) is 5.82 Å². The normalized spacial score (nSPS) is 16.9. The van der Waals surface area contributed by atoms with Gasteiger partial charge in [-0.1, -0.05) is 19.9 Å². The maximum atomic E-state index is 12.9. The van der Waals surface area contributed by atoms with E-state index in [0.29, 0.717) is 35.5 Å². The molecule has 1 N–H and O–H groups in total. The number of carbonyl (C=O) groups excluding carboxylic acids is 1. The van der Waals surface area contributed by atoms with Gasteiger partial charge >= 0.3 is 0 Å². The Morgan fingerprint density at radius 3 is 2.82 bits per heavy atom. The van der Waals surface area contributed by atoms with Crippen molar-refractivity contribution >= 4 is 17.2 Å². The Labute approximate surface area is 165 Å². The van der Waals surface area contributed by atoms with Crippen LogP contribution in [0.25, 0.3) is 5.65 Å². The lowest BCUT2D eigenvalue weighted by atomic mass is 9.72. The first-order chi connectivity index (χ1) is 13.5. The van der Waals surface area contributed by atoms with Crippen molar-refractivity contribution in [3.05, 3.63) is 54.1 Å². The van der Waals surface area contributed by atoms with E-state index < -0.39 is 0 Å². The SMILES string of the molecule is CC1(C)CCC(CC(=O)c2cnn3ccc(NCc4cccnc4)nc23)CC1. The van der Waals surface area contributed by atoms with Crippen molar-refractivity contribution in [2.45, 2.75) is 52.5 Å². The Hall–Kier alpha value is -2.76. The van der Waals surface area contributed by atoms with Crippen molar-refractivity contribution in [2.24, 2.45) is 11.3 Å². The van der Waals surface area contributed by atoms with E-state index in [4.69, 9.17) is 0 Å². The van der Waals surface area contributed by atoms with Gasteiger partial charge in [-0.05, 0) is 54.7 Å². The number of pyridine rings is 1. The zero-order valence-electron chi connectivity index (χ0n) is 16.6. The van der Waals surface area contributed by atoms with Gasteiger partial charge in [-0.2, -0.15) is 5.10 Å². The standard InChI is InChI=1S/C22H27N5O/c1-22(2)8-5-16(6-9-22)12-19(28)18-15-25-27-11-7-20(26-21(18)27)24-14-17-4-3-10-23-13-17/h3-4,7,10-11,13,15-16H,5-6,8-9,12,14H2,1-2H3,(H,24,26). The molecular formula is C22H27N5O. The molecule has 1 fully saturated rings. The number of hydrogen-bond acceptors (Lipinski definition) is 5. The van der Waals surface area contributed by atoms with Gasteiger partial charge in [-0.25, -0.2) is 9.50 Å². The van der Waals surface area contributed by atoms with Crippen LogP contribution in [0.5, 0.6) is 0 Å². The quantitative estimate of drug-likeness (QED) is 0.639. The molecular weight excluding hydrogens is 350 g/mol. The monoisotopic (exact) mass is 377 g/mol. The van der Waals surface area contributed by atoms with Gasteiger partial charge < -0.3 is 5.32 Å². The molecule has 0 unspecified atom stereocenters. The Morgan fingerprint density at radius 1 is 1.25 bits per heavy atom. The summed E-state index contributed by atoms with van der Waals surface area (Å²) >= 11 is 0. The summed E-state index contributed by atoms with van der Waals surface area (Å²) in [6.07, 6.45) is 12.3. The molecule has 0 aromatic carbocycles. The molecule has 1 saturated carbocycles. The van der Waals surface area contributed by atoms with Crippen LogP contribution in [-0.4, -0.2) is 25.4 Å². The van der Waals surface area contributed by atoms with Crippen molar-refractivity contribution in [1.82, 2.24) is 19.6 Å². The Balaban J connectivity index is 1.46. The minimum atomic E-state index is 0.150. The van der Waals surface area contributed by atoms with Gasteiger partial charge in [-0.15, -0.1) is 0 Å². The van der Waals surface area contributed by atoms with Crippen molar-refractivity contribution in [1.29, 1.82) is 0 Å². The third-order valence-corrected chi connectivity index (χ3v) is 5.80. The molecule has 0 spiro atoms. The topological polar surface area (TPSA) is 72.2 Å². The minimum absolute atomic E-state index is 0.150. The van der Waals surface area contributed by atoms with E-state index in [1.165, 1.54) is 12.8 Å². The van der Waals surface area contributed by atoms with Crippen LogP contribution in [0.1, 0.15) is 61.9 Å². The molecule has 146 valence electrons. The fourth-order valence-electron chi connectivity index (χ4n) is 3.89. The molecule has 0 amide bonds. The highest BCUT2D eigenvalue weighted by Gasteiger charge is 2.28. The molecule has 6 heteroatoms. The Morgan fingerprint density at radius 2 is 2.07 bits per heavy atom. The van der Waals surface area contributed by atoms with Crippen molar-refractivity contribution in [3.63, 3.8) is 0 Å². The largest absolute Gasteiger partial charge is 0.366 e. The highest BCUT2D eigenvalue weighted by Crippen LogP contribution is 2.39. The lowest BCUT2D eigenvalue weighted by molar-refractivity contribution is 0.0927. The lowest BCUT2D eigenvalue weighted by Gasteiger charge is -2.34. The van der Waals surface area contributed by atoms with Crippen LogP contribution >= 0.6 is 0 Å². The molecule has 1 aliphatic rings. The summed E-state index contributed by atoms with van der Waals surface area (Å²) in [5.41, 5.74) is 2.74. The average molecular weight is 377 g/mol. The number of aromatic nitrogens is 4. The van der Waals surface area contributed by atoms with Crippen LogP contribution in [0.3, 0.4) is 0 Å². The molecule has 3 aromatic heterocycles. The minimum Gasteiger partial charge on any atom is -0.366 e. The number of rotatable bonds is 6. The third kappa shape index (κ3) is 4.21. The number of fused-ring (bicyclic) bond motifs is 1. The summed E-state index contributed by atoms with van der Waals surface area (Å²) < 4.78 is 1.67. The van der Waals surface area contributed by atoms with Gasteiger partial charge in [0.2, 0.25) is 0 Å². The second-order valence-electron chi connectivity index (χ2n) is 8.59. The smallest absolute Gasteiger partial charge is 0.168 e. The molecule has 6 nitrogen and oxygen atoms in total. The first-order valence-corrected chi connectivity index (χ1v) is 10.0. The zero-order valence-corrected chi connectivity index (χ0v) is 16.6. The Bertz CT molecular complexity index is 953. The maximum Gasteiger partial charge on any atom is 0.168 e. The van der Waals surface area contributed by atoms with Crippen LogP contribution in [-0.2, 0) is 6.54 Å². The van der Waals surface area contributed by atoms with Gasteiger partial charge in [0.25, 0.3) is 0 Å². The van der Waals surface area contributed by atoms with E-state index in [1.54, 1.807) is 16.9 Å². The van der Waals surface area contributed by atoms with Crippen LogP contribution in [0.4, 0.5) is 5.82 Å². The highest BCUT2D eigenvalue weighted by atomic mass is 16.1. The number of ketones is 1. The lowest BCUT2D eigenvalue weighted by Crippen LogP contribution is -2.22. The maximum absolute atomic E-state index is 12.9. The summed E-state index contributed by atoms with van der Waals surface area (Å²) in [5.74, 6) is 1.35. The van der Waals surface area contributed by atoms with E-state index in [9.17, 15) is 4.79 Å². The summed E-state index contributed by atoms with van der Waals surface area (Å²) in [6.45, 7) is 5.27. The summed E-state index contributed by atoms with van der Waals surface area (Å²) in [6, 6.07) is 5.79. The molecule has 3 aromatic rings. The number of carbonyl (C=O) groups is 1. The van der Waals surface area contributed by atoms with Crippen LogP contribution in [0, 0.1) is 11.3 Å². The number of hydrogen-bond donors (Lipinski definition) is 1. The number of Topliss-reactive ketones (excluding diaryl/α,β-unsaturated/α-hetero) is 1. The first kappa shape index (κ1) is 18.6. The fraction of sp³-hybridized carbons (Fsp3) is 0.455. The molecule has 3 heterocycles. The van der Waals surface area contributed by atoms with E-state index in [2.05, 4.69) is 34.2 Å². The van der Waals surface area contributed by atoms with Crippen LogP contribution in [0.15, 0.2) is 43.0 Å². The molecule has 0 bridgehead atoms. The highest BCUT2D eigenvalue weighted by molar-refractivity contribution is 6.01. The first-order valence-electron chi connectivity index (χ1n) is 10.0. The van der Waals surface area contributed by atoms with E-state index >= 15 is 0 Å². The molecule has 0 aliphatic heterocycles. The number of anilines is 1. The van der Waals surface area contributed by atoms with E-state index in [-0.39, 0.29) is 5.78 Å². The molecule has 1 aliphatic carbocycles. The van der Waals surface area contributed by atoms with Crippen molar-refractivity contribution < 1.29 is 4.79 Å². The van der Waals surface area contributed by atoms with Crippen molar-refractivity contribution in [2.75, 3.05) is 5.32 Å². The van der Waals surface area contributed by atoms with E-state index in [1.807, 2.05) is 30.6 Å². The van der Waals surface area contributed by atoms with E-state index in [0.717, 1.165) is 24.2 Å². The molecule has 0 atom stereocenters. The van der Waals surface area contributed by atoms with Crippen LogP contribution in [0.2, 0.25) is 0 Å². The second-order valence-corrected chi connectivity index (χ2v) is 8.59. The predicted molar refractivity (Wildman–Crippen MR) is 109 cm³/mol. The number of nitrogens with zero attached hydrogens (tertiary/aromatic N) is 4. The second kappa shape index (κ2) is 7.70. The molecule has 4 rings (SSSR count). The summed E-state index contributed by atoms with van der Waals surface area (Å²) in [5, 5.41) is 7.61. The summed E-state index contributed by atoms with van der Waals surface area (Å²) in [4.78, 5) is 21.7. The van der Waals surface area contributed by atoms with Gasteiger partial charge in [0, 0.05) is 31.6 Å². The van der Waals surface area contributed by atoms with Gasteiger partial charge in [0.05, 0.1) is 11.8 Å². The molecule has 0 saturated heterocycles.